The average Bonchev–Trinajstić information content (AvgIpc) is 3.31. The number of anilines is 2. The first kappa shape index (κ1) is 48.7. The Morgan fingerprint density at radius 1 is 0.800 bits per heavy atom. The van der Waals surface area contributed by atoms with E-state index < -0.39 is 23.8 Å². The van der Waals surface area contributed by atoms with Crippen LogP contribution in [0.25, 0.3) is 39.5 Å². The van der Waals surface area contributed by atoms with Gasteiger partial charge in [-0.3, -0.25) is 19.2 Å². The Hall–Kier alpha value is -7.35. The molecule has 0 radical (unpaired) electrons. The van der Waals surface area contributed by atoms with Crippen LogP contribution >= 0.6 is 0 Å². The van der Waals surface area contributed by atoms with Crippen molar-refractivity contribution in [1.29, 1.82) is 0 Å². The zero-order valence-corrected chi connectivity index (χ0v) is 37.7. The maximum atomic E-state index is 13.4. The molecule has 0 fully saturated rings. The number of aldehydes is 1. The molecule has 14 heteroatoms. The Balaban J connectivity index is 1.16. The third kappa shape index (κ3) is 12.9. The Kier molecular flexibility index (Phi) is 17.9. The molecule has 0 saturated carbocycles. The molecule has 14 nitrogen and oxygen atoms in total. The minimum absolute atomic E-state index is 0.0193. The number of unbranched alkanes of at least 4 members (excludes halogenated alkanes) is 2. The minimum atomic E-state index is -1.47. The number of carboxylic acids is 1. The third-order valence-electron chi connectivity index (χ3n) is 10.9. The van der Waals surface area contributed by atoms with E-state index in [1.165, 1.54) is 18.2 Å². The summed E-state index contributed by atoms with van der Waals surface area (Å²) in [5, 5.41) is 22.5. The van der Waals surface area contributed by atoms with Crippen molar-refractivity contribution in [2.45, 2.75) is 60.3 Å². The molecule has 3 N–H and O–H groups in total. The lowest BCUT2D eigenvalue weighted by Gasteiger charge is -2.22. The van der Waals surface area contributed by atoms with Gasteiger partial charge in [0.05, 0.1) is 30.8 Å². The van der Waals surface area contributed by atoms with Gasteiger partial charge in [0.25, 0.3) is 5.91 Å². The molecular formula is C51H57N5O9. The fraction of sp³-hybridized carbons (Fsp3) is 0.314. The summed E-state index contributed by atoms with van der Waals surface area (Å²) in [6, 6.07) is 23.6. The van der Waals surface area contributed by atoms with E-state index in [1.807, 2.05) is 36.4 Å². The second-order valence-electron chi connectivity index (χ2n) is 15.1. The second kappa shape index (κ2) is 23.9. The van der Waals surface area contributed by atoms with Gasteiger partial charge in [0.1, 0.15) is 30.7 Å². The van der Waals surface area contributed by atoms with E-state index in [1.54, 1.807) is 43.3 Å². The standard InChI is InChI=1S/C51H57N5O9/c1-6-55(7-2)38-22-25-41-44(31-38)65-45-32-39(56(8-3)9-4)23-26-42(45)48(41)36-19-24-40(43(30-36)50(61)62)49(60)52-28-13-11-12-14-46(58)53-33-47(59)54-37-20-16-34(17-21-37)15-18-35(27-29-57)51(63)64-10-5/h15-27,29-32H,6-14,28,33H2,1-5H3,(H3-,52,53,54,57,58,59,60,61,62). The minimum Gasteiger partial charge on any atom is -0.545 e. The highest BCUT2D eigenvalue weighted by atomic mass is 16.5. The van der Waals surface area contributed by atoms with Gasteiger partial charge in [-0.05, 0) is 113 Å². The number of hydrogen-bond acceptors (Lipinski definition) is 10. The molecule has 2 aliphatic rings. The number of allylic oxidation sites excluding steroid dienone is 1. The van der Waals surface area contributed by atoms with Gasteiger partial charge < -0.3 is 39.9 Å². The average molecular weight is 884 g/mol. The highest BCUT2D eigenvalue weighted by molar-refractivity contribution is 6.08. The Morgan fingerprint density at radius 2 is 1.55 bits per heavy atom. The van der Waals surface area contributed by atoms with E-state index in [2.05, 4.69) is 53.1 Å². The van der Waals surface area contributed by atoms with Crippen LogP contribution in [-0.4, -0.2) is 81.8 Å². The van der Waals surface area contributed by atoms with Gasteiger partial charge >= 0.3 is 5.97 Å². The van der Waals surface area contributed by atoms with Crippen LogP contribution in [0.5, 0.6) is 0 Å². The predicted octanol–water partition coefficient (Wildman–Crippen LogP) is 5.97. The van der Waals surface area contributed by atoms with Crippen molar-refractivity contribution in [3.05, 3.63) is 119 Å². The topological polar surface area (TPSA) is 190 Å². The number of rotatable bonds is 22. The van der Waals surface area contributed by atoms with E-state index in [0.717, 1.165) is 59.8 Å². The van der Waals surface area contributed by atoms with Gasteiger partial charge in [-0.25, -0.2) is 9.37 Å². The van der Waals surface area contributed by atoms with Crippen LogP contribution in [0.15, 0.2) is 101 Å². The highest BCUT2D eigenvalue weighted by Gasteiger charge is 2.22. The van der Waals surface area contributed by atoms with Gasteiger partial charge in [-0.1, -0.05) is 30.7 Å². The summed E-state index contributed by atoms with van der Waals surface area (Å²) in [6.07, 6.45) is 6.55. The number of amides is 3. The van der Waals surface area contributed by atoms with Crippen LogP contribution in [0.1, 0.15) is 86.6 Å². The lowest BCUT2D eigenvalue weighted by atomic mass is 9.91. The van der Waals surface area contributed by atoms with Crippen molar-refractivity contribution in [3.63, 3.8) is 0 Å². The molecular weight excluding hydrogens is 827 g/mol. The number of hydrogen-bond donors (Lipinski definition) is 3. The molecule has 340 valence electrons. The van der Waals surface area contributed by atoms with Crippen molar-refractivity contribution >= 4 is 64.4 Å². The van der Waals surface area contributed by atoms with E-state index in [9.17, 15) is 33.9 Å². The van der Waals surface area contributed by atoms with Crippen LogP contribution in [-0.2, 0) is 23.9 Å². The molecule has 3 aromatic carbocycles. The van der Waals surface area contributed by atoms with Gasteiger partial charge in [0.15, 0.2) is 0 Å². The van der Waals surface area contributed by atoms with Gasteiger partial charge in [0.2, 0.25) is 17.2 Å². The Labute approximate surface area is 379 Å². The zero-order chi connectivity index (χ0) is 46.9. The molecule has 3 aromatic rings. The molecule has 0 saturated heterocycles. The Bertz CT molecular complexity index is 2620. The van der Waals surface area contributed by atoms with E-state index in [4.69, 9.17) is 9.15 Å². The fourth-order valence-electron chi connectivity index (χ4n) is 7.52. The molecule has 1 aliphatic carbocycles. The number of ether oxygens (including phenoxy) is 1. The molecule has 0 aromatic heterocycles. The summed E-state index contributed by atoms with van der Waals surface area (Å²) in [5.41, 5.74) is 4.92. The number of fused-ring (bicyclic) bond motifs is 2. The molecule has 65 heavy (non-hydrogen) atoms. The molecule has 1 aliphatic heterocycles. The fourth-order valence-corrected chi connectivity index (χ4v) is 7.52. The van der Waals surface area contributed by atoms with Gasteiger partial charge in [0, 0.05) is 77.2 Å². The summed E-state index contributed by atoms with van der Waals surface area (Å²) < 4.78 is 13.7. The number of nitrogens with zero attached hydrogens (tertiary/aromatic N) is 2. The van der Waals surface area contributed by atoms with Crippen molar-refractivity contribution in [2.24, 2.45) is 0 Å². The number of benzene rings is 4. The number of carbonyl (C=O) groups excluding carboxylic acids is 6. The summed E-state index contributed by atoms with van der Waals surface area (Å²) in [4.78, 5) is 75.9. The van der Waals surface area contributed by atoms with Gasteiger partial charge in [-0.15, -0.1) is 0 Å². The molecule has 0 atom stereocenters. The first-order chi connectivity index (χ1) is 31.4. The normalized spacial score (nSPS) is 11.4. The van der Waals surface area contributed by atoms with Crippen LogP contribution in [0.2, 0.25) is 0 Å². The van der Waals surface area contributed by atoms with Crippen LogP contribution in [0.4, 0.5) is 11.4 Å². The first-order valence-corrected chi connectivity index (χ1v) is 22.1. The Morgan fingerprint density at radius 3 is 2.23 bits per heavy atom. The molecule has 1 heterocycles. The maximum absolute atomic E-state index is 13.4. The predicted molar refractivity (Wildman–Crippen MR) is 251 cm³/mol. The van der Waals surface area contributed by atoms with Gasteiger partial charge in [-0.2, -0.15) is 0 Å². The number of aromatic carboxylic acids is 1. The lowest BCUT2D eigenvalue weighted by molar-refractivity contribution is -0.255. The third-order valence-corrected chi connectivity index (χ3v) is 10.9. The van der Waals surface area contributed by atoms with Crippen molar-refractivity contribution in [2.75, 3.05) is 56.1 Å². The van der Waals surface area contributed by atoms with Crippen LogP contribution in [0.3, 0.4) is 0 Å². The lowest BCUT2D eigenvalue weighted by Crippen LogP contribution is -2.32. The molecule has 0 bridgehead atoms. The van der Waals surface area contributed by atoms with Crippen molar-refractivity contribution in [1.82, 2.24) is 15.2 Å². The number of carbonyl (C=O) groups is 6. The van der Waals surface area contributed by atoms with Crippen molar-refractivity contribution < 1.29 is 43.0 Å². The summed E-state index contributed by atoms with van der Waals surface area (Å²) >= 11 is 0. The quantitative estimate of drug-likeness (QED) is 0.0142. The number of esters is 1. The number of nitrogens with one attached hydrogen (secondary N) is 3. The van der Waals surface area contributed by atoms with E-state index in [-0.39, 0.29) is 48.7 Å². The second-order valence-corrected chi connectivity index (χ2v) is 15.1. The van der Waals surface area contributed by atoms with E-state index >= 15 is 0 Å². The number of carboxylic acid groups (broad SMARTS) is 1. The molecule has 3 amide bonds. The smallest absolute Gasteiger partial charge is 0.338 e. The summed E-state index contributed by atoms with van der Waals surface area (Å²) in [7, 11) is 0. The SMILES string of the molecule is CCOC(=O)C(=C\C=O)/C=C/c1ccc(NC(=O)CNC(=O)CCCCCNC(=O)c2ccc(-c3c4ccc(=[N+](CC)CC)cc-4oc4cc(N(CC)CC)ccc34)cc2C(=O)[O-])cc1. The van der Waals surface area contributed by atoms with Crippen LogP contribution in [0, 0.1) is 0 Å². The monoisotopic (exact) mass is 883 g/mol. The molecule has 0 unspecified atom stereocenters. The van der Waals surface area contributed by atoms with Crippen molar-refractivity contribution in [3.8, 4) is 22.5 Å². The highest BCUT2D eigenvalue weighted by Crippen LogP contribution is 2.41. The van der Waals surface area contributed by atoms with Crippen LogP contribution < -0.4 is 35.9 Å². The summed E-state index contributed by atoms with van der Waals surface area (Å²) in [6.45, 7) is 13.5. The van der Waals surface area contributed by atoms with E-state index in [0.29, 0.717) is 53.7 Å². The largest absolute Gasteiger partial charge is 0.545 e. The zero-order valence-electron chi connectivity index (χ0n) is 37.7. The maximum Gasteiger partial charge on any atom is 0.338 e. The molecule has 5 rings (SSSR count). The first-order valence-electron chi connectivity index (χ1n) is 22.1. The molecule has 0 spiro atoms. The summed E-state index contributed by atoms with van der Waals surface area (Å²) in [5.74, 6) is -2.70.